The smallest absolute Gasteiger partial charge is 0.306 e. The van der Waals surface area contributed by atoms with E-state index in [0.717, 1.165) is 103 Å². The molecule has 0 aromatic carbocycles. The number of aliphatic hydroxyl groups is 2. The zero-order chi connectivity index (χ0) is 49.5. The summed E-state index contributed by atoms with van der Waals surface area (Å²) >= 11 is 0. The molecule has 0 heterocycles. The monoisotopic (exact) mass is 950 g/mol. The van der Waals surface area contributed by atoms with E-state index in [4.69, 9.17) is 4.74 Å². The van der Waals surface area contributed by atoms with Crippen molar-refractivity contribution in [3.05, 3.63) is 72.9 Å². The second-order valence-corrected chi connectivity index (χ2v) is 19.7. The summed E-state index contributed by atoms with van der Waals surface area (Å²) in [5, 5.41) is 23.9. The Morgan fingerprint density at radius 2 is 0.809 bits per heavy atom. The molecule has 6 heteroatoms. The average molecular weight is 951 g/mol. The van der Waals surface area contributed by atoms with Gasteiger partial charge in [-0.3, -0.25) is 9.59 Å². The maximum Gasteiger partial charge on any atom is 0.306 e. The molecule has 0 aromatic rings. The summed E-state index contributed by atoms with van der Waals surface area (Å²) in [6.07, 6.45) is 71.0. The molecule has 0 bridgehead atoms. The third-order valence-corrected chi connectivity index (χ3v) is 13.1. The molecule has 3 atom stereocenters. The standard InChI is InChI=1S/C62H111NO5/c1-4-7-10-13-16-19-22-25-28-30-32-34-37-40-43-46-49-52-55-62(67)68-58(53-50-47-44-41-38-35-33-31-29-26-23-20-17-14-11-8-5-2)56-61(66)63-59(57-64)60(65)54-51-48-45-42-39-36-27-24-21-18-15-12-9-6-3/h17,20,22,25-26,28-30,32-35,58-60,64-65H,4-16,18-19,21,23-24,27,31,36-57H2,1-3H3,(H,63,66)/b20-17-,25-22+,29-26-,30-28+,34-32+,35-33-. The van der Waals surface area contributed by atoms with Gasteiger partial charge < -0.3 is 20.3 Å². The SMILES string of the molecule is CCCCC/C=C\C/C=C\C/C=C\CCCCCCC(CC(=O)NC(CO)C(O)CCCCCCCCCCCCCCCC)OC(=O)CCCCCCC/C=C/C=C/C=C/CCCCCCC. The molecular weight excluding hydrogens is 839 g/mol. The highest BCUT2D eigenvalue weighted by Gasteiger charge is 2.24. The topological polar surface area (TPSA) is 95.9 Å². The molecule has 0 aliphatic heterocycles. The first kappa shape index (κ1) is 65.3. The lowest BCUT2D eigenvalue weighted by molar-refractivity contribution is -0.151. The van der Waals surface area contributed by atoms with Crippen molar-refractivity contribution in [2.75, 3.05) is 6.61 Å². The van der Waals surface area contributed by atoms with E-state index < -0.39 is 18.2 Å². The Kier molecular flexibility index (Phi) is 53.0. The molecular formula is C62H111NO5. The van der Waals surface area contributed by atoms with Crippen LogP contribution >= 0.6 is 0 Å². The van der Waals surface area contributed by atoms with Crippen molar-refractivity contribution in [2.45, 2.75) is 302 Å². The Morgan fingerprint density at radius 3 is 1.28 bits per heavy atom. The first-order valence-corrected chi connectivity index (χ1v) is 29.2. The van der Waals surface area contributed by atoms with Crippen LogP contribution in [0.25, 0.3) is 0 Å². The highest BCUT2D eigenvalue weighted by Crippen LogP contribution is 2.18. The van der Waals surface area contributed by atoms with Crippen LogP contribution in [0.5, 0.6) is 0 Å². The van der Waals surface area contributed by atoms with Crippen LogP contribution < -0.4 is 5.32 Å². The number of unbranched alkanes of at least 4 members (excludes halogenated alkanes) is 30. The third kappa shape index (κ3) is 49.7. The van der Waals surface area contributed by atoms with E-state index in [1.807, 2.05) is 0 Å². The van der Waals surface area contributed by atoms with E-state index in [1.54, 1.807) is 0 Å². The summed E-state index contributed by atoms with van der Waals surface area (Å²) in [6.45, 7) is 6.45. The molecule has 0 radical (unpaired) electrons. The van der Waals surface area contributed by atoms with Gasteiger partial charge in [0.25, 0.3) is 0 Å². The van der Waals surface area contributed by atoms with Gasteiger partial charge in [-0.15, -0.1) is 0 Å². The lowest BCUT2D eigenvalue weighted by atomic mass is 10.0. The van der Waals surface area contributed by atoms with Gasteiger partial charge in [-0.2, -0.15) is 0 Å². The second-order valence-electron chi connectivity index (χ2n) is 19.7. The minimum atomic E-state index is -0.801. The van der Waals surface area contributed by atoms with Crippen molar-refractivity contribution in [3.8, 4) is 0 Å². The summed E-state index contributed by atoms with van der Waals surface area (Å²) in [4.78, 5) is 26.3. The van der Waals surface area contributed by atoms with Gasteiger partial charge in [-0.25, -0.2) is 0 Å². The normalized spacial score (nSPS) is 13.7. The van der Waals surface area contributed by atoms with Crippen LogP contribution in [0.15, 0.2) is 72.9 Å². The van der Waals surface area contributed by atoms with Crippen LogP contribution in [0.1, 0.15) is 284 Å². The van der Waals surface area contributed by atoms with Crippen molar-refractivity contribution in [1.82, 2.24) is 5.32 Å². The van der Waals surface area contributed by atoms with E-state index in [2.05, 4.69) is 99.0 Å². The molecule has 0 aliphatic rings. The van der Waals surface area contributed by atoms with E-state index in [0.29, 0.717) is 19.3 Å². The number of allylic oxidation sites excluding steroid dienone is 12. The number of aliphatic hydroxyl groups excluding tert-OH is 2. The maximum absolute atomic E-state index is 13.3. The van der Waals surface area contributed by atoms with Gasteiger partial charge in [0.05, 0.1) is 25.2 Å². The first-order chi connectivity index (χ1) is 33.5. The van der Waals surface area contributed by atoms with Gasteiger partial charge in [0.1, 0.15) is 6.10 Å². The van der Waals surface area contributed by atoms with Crippen molar-refractivity contribution in [2.24, 2.45) is 0 Å². The molecule has 0 saturated carbocycles. The lowest BCUT2D eigenvalue weighted by Gasteiger charge is -2.24. The molecule has 0 saturated heterocycles. The molecule has 0 spiro atoms. The highest BCUT2D eigenvalue weighted by molar-refractivity contribution is 5.77. The third-order valence-electron chi connectivity index (χ3n) is 13.1. The fraction of sp³-hybridized carbons (Fsp3) is 0.774. The number of hydrogen-bond donors (Lipinski definition) is 3. The van der Waals surface area contributed by atoms with E-state index in [9.17, 15) is 19.8 Å². The van der Waals surface area contributed by atoms with Gasteiger partial charge in [0, 0.05) is 6.42 Å². The number of hydrogen-bond acceptors (Lipinski definition) is 5. The largest absolute Gasteiger partial charge is 0.462 e. The van der Waals surface area contributed by atoms with Crippen molar-refractivity contribution < 1.29 is 24.5 Å². The van der Waals surface area contributed by atoms with Crippen molar-refractivity contribution in [1.29, 1.82) is 0 Å². The van der Waals surface area contributed by atoms with Gasteiger partial charge in [0.15, 0.2) is 0 Å². The number of rotatable bonds is 52. The predicted molar refractivity (Wildman–Crippen MR) is 296 cm³/mol. The van der Waals surface area contributed by atoms with Gasteiger partial charge in [-0.05, 0) is 89.9 Å². The maximum atomic E-state index is 13.3. The summed E-state index contributed by atoms with van der Waals surface area (Å²) in [7, 11) is 0. The fourth-order valence-electron chi connectivity index (χ4n) is 8.62. The number of ether oxygens (including phenoxy) is 1. The molecule has 3 unspecified atom stereocenters. The van der Waals surface area contributed by atoms with Gasteiger partial charge >= 0.3 is 5.97 Å². The van der Waals surface area contributed by atoms with Crippen LogP contribution in [-0.4, -0.2) is 46.9 Å². The summed E-state index contributed by atoms with van der Waals surface area (Å²) < 4.78 is 5.95. The molecule has 3 N–H and O–H groups in total. The summed E-state index contributed by atoms with van der Waals surface area (Å²) in [5.41, 5.74) is 0. The molecule has 0 fully saturated rings. The van der Waals surface area contributed by atoms with Gasteiger partial charge in [-0.1, -0.05) is 254 Å². The predicted octanol–water partition coefficient (Wildman–Crippen LogP) is 18.1. The van der Waals surface area contributed by atoms with Gasteiger partial charge in [0.2, 0.25) is 5.91 Å². The van der Waals surface area contributed by atoms with E-state index in [1.165, 1.54) is 135 Å². The minimum absolute atomic E-state index is 0.0524. The molecule has 1 amide bonds. The van der Waals surface area contributed by atoms with Crippen LogP contribution in [0.2, 0.25) is 0 Å². The Hall–Kier alpha value is -2.70. The second kappa shape index (κ2) is 55.2. The van der Waals surface area contributed by atoms with Crippen LogP contribution in [0.3, 0.4) is 0 Å². The number of nitrogens with one attached hydrogen (secondary N) is 1. The molecule has 6 nitrogen and oxygen atoms in total. The lowest BCUT2D eigenvalue weighted by Crippen LogP contribution is -2.46. The average Bonchev–Trinajstić information content (AvgIpc) is 3.33. The Bertz CT molecular complexity index is 1250. The van der Waals surface area contributed by atoms with Crippen LogP contribution in [0.4, 0.5) is 0 Å². The zero-order valence-electron chi connectivity index (χ0n) is 45.0. The molecule has 68 heavy (non-hydrogen) atoms. The summed E-state index contributed by atoms with van der Waals surface area (Å²) in [5.74, 6) is -0.514. The van der Waals surface area contributed by atoms with E-state index in [-0.39, 0.29) is 24.9 Å². The van der Waals surface area contributed by atoms with Crippen molar-refractivity contribution in [3.63, 3.8) is 0 Å². The van der Waals surface area contributed by atoms with E-state index >= 15 is 0 Å². The molecule has 0 rings (SSSR count). The highest BCUT2D eigenvalue weighted by atomic mass is 16.5. The molecule has 0 aromatic heterocycles. The quantitative estimate of drug-likeness (QED) is 0.0244. The number of amides is 1. The first-order valence-electron chi connectivity index (χ1n) is 29.2. The Labute approximate surface area is 421 Å². The Morgan fingerprint density at radius 1 is 0.441 bits per heavy atom. The Balaban J connectivity index is 4.66. The fourth-order valence-corrected chi connectivity index (χ4v) is 8.62. The molecule has 0 aliphatic carbocycles. The number of carbonyl (C=O) groups is 2. The summed E-state index contributed by atoms with van der Waals surface area (Å²) in [6, 6.07) is -0.717. The van der Waals surface area contributed by atoms with Crippen LogP contribution in [-0.2, 0) is 14.3 Å². The van der Waals surface area contributed by atoms with Crippen LogP contribution in [0, 0.1) is 0 Å². The van der Waals surface area contributed by atoms with Crippen molar-refractivity contribution >= 4 is 11.9 Å². The minimum Gasteiger partial charge on any atom is -0.462 e. The number of carbonyl (C=O) groups excluding carboxylic acids is 2. The molecule has 394 valence electrons. The number of esters is 1. The zero-order valence-corrected chi connectivity index (χ0v) is 45.0.